The van der Waals surface area contributed by atoms with Crippen LogP contribution in [0.5, 0.6) is 0 Å². The minimum atomic E-state index is 0.234. The van der Waals surface area contributed by atoms with E-state index >= 15 is 0 Å². The zero-order chi connectivity index (χ0) is 15.7. The van der Waals surface area contributed by atoms with Gasteiger partial charge in [-0.05, 0) is 30.6 Å². The van der Waals surface area contributed by atoms with Gasteiger partial charge in [0.2, 0.25) is 5.91 Å². The first-order valence-electron chi connectivity index (χ1n) is 8.99. The number of fused-ring (bicyclic) bond motifs is 1. The maximum Gasteiger partial charge on any atom is 0.223 e. The van der Waals surface area contributed by atoms with Crippen molar-refractivity contribution >= 4 is 5.91 Å². The molecule has 1 amide bonds. The van der Waals surface area contributed by atoms with Gasteiger partial charge in [0.1, 0.15) is 0 Å². The third-order valence-electron chi connectivity index (χ3n) is 5.87. The van der Waals surface area contributed by atoms with Gasteiger partial charge in [-0.15, -0.1) is 0 Å². The number of carbonyl (C=O) groups excluding carboxylic acids is 1. The maximum absolute atomic E-state index is 12.1. The molecule has 4 heteroatoms. The van der Waals surface area contributed by atoms with Crippen LogP contribution in [-0.4, -0.2) is 50.7 Å². The highest BCUT2D eigenvalue weighted by molar-refractivity contribution is 5.78. The standard InChI is InChI=1S/C18H32N2O2/c1-18(2,12-22-3)11-20-9-15-14(16(15)10-20)8-19-17(21)13-6-4-5-7-13/h13-16H,4-12H2,1-3H3,(H,19,21). The van der Waals surface area contributed by atoms with E-state index in [1.165, 1.54) is 25.9 Å². The van der Waals surface area contributed by atoms with Crippen LogP contribution in [0.1, 0.15) is 39.5 Å². The zero-order valence-corrected chi connectivity index (χ0v) is 14.4. The second kappa shape index (κ2) is 6.48. The number of hydrogen-bond acceptors (Lipinski definition) is 3. The van der Waals surface area contributed by atoms with Crippen molar-refractivity contribution in [1.29, 1.82) is 0 Å². The van der Waals surface area contributed by atoms with Crippen molar-refractivity contribution in [1.82, 2.24) is 10.2 Å². The first-order valence-corrected chi connectivity index (χ1v) is 8.99. The third-order valence-corrected chi connectivity index (χ3v) is 5.87. The normalized spacial score (nSPS) is 32.2. The highest BCUT2D eigenvalue weighted by Gasteiger charge is 2.55. The lowest BCUT2D eigenvalue weighted by Crippen LogP contribution is -2.38. The largest absolute Gasteiger partial charge is 0.384 e. The molecule has 0 spiro atoms. The Balaban J connectivity index is 1.35. The summed E-state index contributed by atoms with van der Waals surface area (Å²) in [5, 5.41) is 3.22. The fourth-order valence-electron chi connectivity index (χ4n) is 4.76. The van der Waals surface area contributed by atoms with Gasteiger partial charge in [-0.3, -0.25) is 4.79 Å². The second-order valence-electron chi connectivity index (χ2n) is 8.51. The van der Waals surface area contributed by atoms with Crippen LogP contribution in [0.2, 0.25) is 0 Å². The lowest BCUT2D eigenvalue weighted by molar-refractivity contribution is -0.124. The predicted molar refractivity (Wildman–Crippen MR) is 87.5 cm³/mol. The van der Waals surface area contributed by atoms with Gasteiger partial charge >= 0.3 is 0 Å². The summed E-state index contributed by atoms with van der Waals surface area (Å²) in [7, 11) is 1.78. The lowest BCUT2D eigenvalue weighted by Gasteiger charge is -2.30. The molecule has 4 nitrogen and oxygen atoms in total. The number of ether oxygens (including phenoxy) is 1. The first kappa shape index (κ1) is 16.3. The second-order valence-corrected chi connectivity index (χ2v) is 8.51. The van der Waals surface area contributed by atoms with E-state index in [2.05, 4.69) is 24.1 Å². The highest BCUT2D eigenvalue weighted by Crippen LogP contribution is 2.51. The number of carbonyl (C=O) groups is 1. The van der Waals surface area contributed by atoms with E-state index in [1.54, 1.807) is 7.11 Å². The van der Waals surface area contributed by atoms with Crippen LogP contribution in [0, 0.1) is 29.1 Å². The fourth-order valence-corrected chi connectivity index (χ4v) is 4.76. The molecule has 3 rings (SSSR count). The van der Waals surface area contributed by atoms with Crippen LogP contribution in [0.15, 0.2) is 0 Å². The molecule has 1 aliphatic heterocycles. The Hall–Kier alpha value is -0.610. The molecule has 2 aliphatic carbocycles. The molecule has 0 bridgehead atoms. The Morgan fingerprint density at radius 2 is 1.86 bits per heavy atom. The minimum Gasteiger partial charge on any atom is -0.384 e. The van der Waals surface area contributed by atoms with E-state index in [1.807, 2.05) is 0 Å². The number of likely N-dealkylation sites (tertiary alicyclic amines) is 1. The summed E-state index contributed by atoms with van der Waals surface area (Å²) in [6, 6.07) is 0. The van der Waals surface area contributed by atoms with Crippen LogP contribution >= 0.6 is 0 Å². The molecule has 2 atom stereocenters. The molecule has 2 unspecified atom stereocenters. The Bertz CT molecular complexity index is 392. The van der Waals surface area contributed by atoms with Crippen molar-refractivity contribution in [2.75, 3.05) is 39.9 Å². The van der Waals surface area contributed by atoms with Crippen molar-refractivity contribution in [3.8, 4) is 0 Å². The summed E-state index contributed by atoms with van der Waals surface area (Å²) in [6.07, 6.45) is 4.68. The van der Waals surface area contributed by atoms with Crippen molar-refractivity contribution in [3.05, 3.63) is 0 Å². The van der Waals surface area contributed by atoms with Crippen molar-refractivity contribution in [2.24, 2.45) is 29.1 Å². The lowest BCUT2D eigenvalue weighted by atomic mass is 9.94. The molecule has 3 fully saturated rings. The molecule has 3 aliphatic rings. The molecular formula is C18H32N2O2. The molecule has 1 heterocycles. The van der Waals surface area contributed by atoms with Crippen LogP contribution in [-0.2, 0) is 9.53 Å². The van der Waals surface area contributed by atoms with Gasteiger partial charge in [0.15, 0.2) is 0 Å². The summed E-state index contributed by atoms with van der Waals surface area (Å²) >= 11 is 0. The average Bonchev–Trinajstić information content (AvgIpc) is 2.90. The number of nitrogens with one attached hydrogen (secondary N) is 1. The van der Waals surface area contributed by atoms with E-state index in [9.17, 15) is 4.79 Å². The molecule has 0 aromatic carbocycles. The number of nitrogens with zero attached hydrogens (tertiary/aromatic N) is 1. The van der Waals surface area contributed by atoms with E-state index < -0.39 is 0 Å². The minimum absolute atomic E-state index is 0.234. The van der Waals surface area contributed by atoms with Crippen molar-refractivity contribution < 1.29 is 9.53 Å². The van der Waals surface area contributed by atoms with Crippen molar-refractivity contribution in [2.45, 2.75) is 39.5 Å². The molecule has 1 saturated heterocycles. The number of piperidine rings is 1. The van der Waals surface area contributed by atoms with Crippen LogP contribution in [0.4, 0.5) is 0 Å². The summed E-state index contributed by atoms with van der Waals surface area (Å²) in [6.45, 7) is 9.83. The number of rotatable bonds is 7. The summed E-state index contributed by atoms with van der Waals surface area (Å²) in [5.74, 6) is 3.02. The van der Waals surface area contributed by atoms with Gasteiger partial charge < -0.3 is 15.0 Å². The Labute approximate surface area is 135 Å². The predicted octanol–water partition coefficient (Wildman–Crippen LogP) is 2.14. The molecule has 22 heavy (non-hydrogen) atoms. The summed E-state index contributed by atoms with van der Waals surface area (Å²) < 4.78 is 5.32. The molecule has 0 aromatic rings. The van der Waals surface area contributed by atoms with Crippen molar-refractivity contribution in [3.63, 3.8) is 0 Å². The van der Waals surface area contributed by atoms with Gasteiger partial charge in [-0.2, -0.15) is 0 Å². The maximum atomic E-state index is 12.1. The Morgan fingerprint density at radius 1 is 1.23 bits per heavy atom. The Morgan fingerprint density at radius 3 is 2.45 bits per heavy atom. The van der Waals surface area contributed by atoms with Gasteiger partial charge in [0.05, 0.1) is 6.61 Å². The number of amides is 1. The highest BCUT2D eigenvalue weighted by atomic mass is 16.5. The fraction of sp³-hybridized carbons (Fsp3) is 0.944. The zero-order valence-electron chi connectivity index (χ0n) is 14.4. The van der Waals surface area contributed by atoms with Crippen LogP contribution < -0.4 is 5.32 Å². The van der Waals surface area contributed by atoms with Crippen LogP contribution in [0.3, 0.4) is 0 Å². The molecule has 1 N–H and O–H groups in total. The topological polar surface area (TPSA) is 41.6 Å². The van der Waals surface area contributed by atoms with E-state index in [-0.39, 0.29) is 5.41 Å². The average molecular weight is 308 g/mol. The molecular weight excluding hydrogens is 276 g/mol. The van der Waals surface area contributed by atoms with E-state index in [4.69, 9.17) is 4.74 Å². The van der Waals surface area contributed by atoms with Gasteiger partial charge in [0, 0.05) is 44.6 Å². The molecule has 0 radical (unpaired) electrons. The van der Waals surface area contributed by atoms with E-state index in [0.717, 1.165) is 50.3 Å². The number of hydrogen-bond donors (Lipinski definition) is 1. The SMILES string of the molecule is COCC(C)(C)CN1CC2C(CNC(=O)C3CCCC3)C2C1. The van der Waals surface area contributed by atoms with Gasteiger partial charge in [-0.25, -0.2) is 0 Å². The molecule has 2 saturated carbocycles. The number of methoxy groups -OCH3 is 1. The molecule has 126 valence electrons. The monoisotopic (exact) mass is 308 g/mol. The van der Waals surface area contributed by atoms with Crippen LogP contribution in [0.25, 0.3) is 0 Å². The third kappa shape index (κ3) is 3.65. The smallest absolute Gasteiger partial charge is 0.223 e. The quantitative estimate of drug-likeness (QED) is 0.783. The van der Waals surface area contributed by atoms with E-state index in [0.29, 0.717) is 11.8 Å². The molecule has 0 aromatic heterocycles. The van der Waals surface area contributed by atoms with Gasteiger partial charge in [0.25, 0.3) is 0 Å². The Kier molecular flexibility index (Phi) is 4.79. The summed E-state index contributed by atoms with van der Waals surface area (Å²) in [4.78, 5) is 14.7. The summed E-state index contributed by atoms with van der Waals surface area (Å²) in [5.41, 5.74) is 0.234. The first-order chi connectivity index (χ1) is 10.5. The van der Waals surface area contributed by atoms with Gasteiger partial charge in [-0.1, -0.05) is 26.7 Å².